The quantitative estimate of drug-likeness (QED) is 0.732. The van der Waals surface area contributed by atoms with E-state index in [0.717, 1.165) is 48.3 Å². The van der Waals surface area contributed by atoms with Crippen molar-refractivity contribution in [2.75, 3.05) is 31.2 Å². The van der Waals surface area contributed by atoms with Crippen molar-refractivity contribution < 1.29 is 9.15 Å². The fourth-order valence-corrected chi connectivity index (χ4v) is 5.48. The van der Waals surface area contributed by atoms with Gasteiger partial charge in [-0.05, 0) is 49.5 Å². The van der Waals surface area contributed by atoms with E-state index >= 15 is 0 Å². The summed E-state index contributed by atoms with van der Waals surface area (Å²) in [7, 11) is 0. The van der Waals surface area contributed by atoms with E-state index in [1.807, 2.05) is 0 Å². The minimum atomic E-state index is 0.393. The van der Waals surface area contributed by atoms with Crippen molar-refractivity contribution in [3.8, 4) is 0 Å². The van der Waals surface area contributed by atoms with Gasteiger partial charge in [0, 0.05) is 24.8 Å². The van der Waals surface area contributed by atoms with Crippen LogP contribution < -0.4 is 21.3 Å². The lowest BCUT2D eigenvalue weighted by Gasteiger charge is -2.28. The first-order valence-electron chi connectivity index (χ1n) is 12.7. The molecule has 2 aliphatic carbocycles. The van der Waals surface area contributed by atoms with Gasteiger partial charge in [0.2, 0.25) is 0 Å². The number of hydrogen-bond donors (Lipinski definition) is 0. The van der Waals surface area contributed by atoms with E-state index in [4.69, 9.17) is 14.1 Å². The summed E-state index contributed by atoms with van der Waals surface area (Å²) in [6.45, 7) is 7.97. The standard InChI is InChI=1S/C27H37N3O2/c1-21-26(20-22-12-14-24(15-13-22)29-16-18-31-19-17-29)32-27(28-23-8-4-2-5-9-23)30(21)25-10-6-3-7-11-25/h12-15,20,23,25H,1-11,16-19H2/b26-20+,28-27?. The van der Waals surface area contributed by atoms with Gasteiger partial charge in [0.25, 0.3) is 5.68 Å². The molecule has 172 valence electrons. The van der Waals surface area contributed by atoms with Gasteiger partial charge in [-0.15, -0.1) is 0 Å². The Morgan fingerprint density at radius 1 is 0.875 bits per heavy atom. The van der Waals surface area contributed by atoms with Gasteiger partial charge in [-0.1, -0.05) is 57.2 Å². The first kappa shape index (κ1) is 21.6. The molecule has 1 aliphatic heterocycles. The third-order valence-corrected chi connectivity index (χ3v) is 7.36. The molecular weight excluding hydrogens is 398 g/mol. The van der Waals surface area contributed by atoms with Gasteiger partial charge >= 0.3 is 0 Å². The van der Waals surface area contributed by atoms with Crippen molar-refractivity contribution in [2.24, 2.45) is 4.99 Å². The highest BCUT2D eigenvalue weighted by Crippen LogP contribution is 2.26. The normalized spacial score (nSPS) is 22.6. The average molecular weight is 436 g/mol. The maximum atomic E-state index is 6.40. The van der Waals surface area contributed by atoms with Crippen LogP contribution in [0.25, 0.3) is 12.7 Å². The lowest BCUT2D eigenvalue weighted by molar-refractivity contribution is 0.122. The molecular formula is C27H37N3O2. The number of anilines is 1. The molecule has 0 radical (unpaired) electrons. The molecule has 3 fully saturated rings. The molecule has 0 N–H and O–H groups in total. The Kier molecular flexibility index (Phi) is 6.82. The predicted molar refractivity (Wildman–Crippen MR) is 129 cm³/mol. The van der Waals surface area contributed by atoms with Gasteiger partial charge in [0.1, 0.15) is 0 Å². The van der Waals surface area contributed by atoms with Gasteiger partial charge in [-0.3, -0.25) is 4.57 Å². The van der Waals surface area contributed by atoms with Crippen LogP contribution in [-0.4, -0.2) is 36.9 Å². The Morgan fingerprint density at radius 2 is 1.53 bits per heavy atom. The second-order valence-electron chi connectivity index (χ2n) is 9.61. The Hall–Kier alpha value is -2.27. The van der Waals surface area contributed by atoms with Gasteiger partial charge in [0.15, 0.2) is 5.42 Å². The molecule has 0 unspecified atom stereocenters. The average Bonchev–Trinajstić information content (AvgIpc) is 3.15. The first-order chi connectivity index (χ1) is 15.8. The fraction of sp³-hybridized carbons (Fsp3) is 0.593. The SMILES string of the molecule is C=c1/c(=C\c2ccc(N3CCOCC3)cc2)oc(=NC2CCCCC2)n1C1CCCCC1. The largest absolute Gasteiger partial charge is 0.424 e. The number of rotatable bonds is 4. The molecule has 5 heteroatoms. The molecule has 0 amide bonds. The third kappa shape index (κ3) is 4.88. The molecule has 3 aliphatic rings. The number of hydrogen-bond acceptors (Lipinski definition) is 4. The molecule has 1 aromatic heterocycles. The second-order valence-corrected chi connectivity index (χ2v) is 9.61. The molecule has 0 bridgehead atoms. The van der Waals surface area contributed by atoms with Crippen LogP contribution in [0.15, 0.2) is 33.7 Å². The number of ether oxygens (including phenoxy) is 1. The van der Waals surface area contributed by atoms with Crippen LogP contribution in [0.1, 0.15) is 75.8 Å². The lowest BCUT2D eigenvalue weighted by Crippen LogP contribution is -2.36. The van der Waals surface area contributed by atoms with E-state index in [1.165, 1.54) is 69.9 Å². The molecule has 0 spiro atoms. The van der Waals surface area contributed by atoms with Crippen LogP contribution >= 0.6 is 0 Å². The lowest BCUT2D eigenvalue weighted by atomic mass is 9.95. The molecule has 5 nitrogen and oxygen atoms in total. The Morgan fingerprint density at radius 3 is 2.22 bits per heavy atom. The maximum absolute atomic E-state index is 6.40. The first-order valence-corrected chi connectivity index (χ1v) is 12.7. The highest BCUT2D eigenvalue weighted by molar-refractivity contribution is 5.55. The molecule has 2 heterocycles. The van der Waals surface area contributed by atoms with Crippen molar-refractivity contribution in [3.05, 3.63) is 46.3 Å². The zero-order valence-corrected chi connectivity index (χ0v) is 19.3. The maximum Gasteiger partial charge on any atom is 0.298 e. The number of morpholine rings is 1. The number of aromatic nitrogens is 1. The molecule has 1 aromatic carbocycles. The van der Waals surface area contributed by atoms with Crippen LogP contribution in [0.3, 0.4) is 0 Å². The monoisotopic (exact) mass is 435 g/mol. The predicted octanol–water partition coefficient (Wildman–Crippen LogP) is 3.90. The summed E-state index contributed by atoms with van der Waals surface area (Å²) in [5.74, 6) is 0. The van der Waals surface area contributed by atoms with Crippen molar-refractivity contribution in [2.45, 2.75) is 76.3 Å². The number of oxazole rings is 1. The van der Waals surface area contributed by atoms with Crippen LogP contribution in [0.5, 0.6) is 0 Å². The number of benzene rings is 1. The highest BCUT2D eigenvalue weighted by Gasteiger charge is 2.20. The van der Waals surface area contributed by atoms with Gasteiger partial charge < -0.3 is 14.1 Å². The molecule has 0 atom stereocenters. The summed E-state index contributed by atoms with van der Waals surface area (Å²) >= 11 is 0. The van der Waals surface area contributed by atoms with Gasteiger partial charge in [-0.25, -0.2) is 4.99 Å². The van der Waals surface area contributed by atoms with E-state index in [1.54, 1.807) is 0 Å². The number of nitrogens with zero attached hydrogens (tertiary/aromatic N) is 3. The summed E-state index contributed by atoms with van der Waals surface area (Å²) in [5.41, 5.74) is 4.04. The summed E-state index contributed by atoms with van der Waals surface area (Å²) in [6.07, 6.45) is 14.7. The summed E-state index contributed by atoms with van der Waals surface area (Å²) in [4.78, 5) is 7.49. The minimum absolute atomic E-state index is 0.393. The van der Waals surface area contributed by atoms with Crippen molar-refractivity contribution >= 4 is 18.3 Å². The van der Waals surface area contributed by atoms with Crippen molar-refractivity contribution in [1.29, 1.82) is 0 Å². The summed E-state index contributed by atoms with van der Waals surface area (Å²) < 4.78 is 14.2. The smallest absolute Gasteiger partial charge is 0.298 e. The van der Waals surface area contributed by atoms with Crippen molar-refractivity contribution in [3.63, 3.8) is 0 Å². The zero-order valence-electron chi connectivity index (χ0n) is 19.3. The Balaban J connectivity index is 1.48. The van der Waals surface area contributed by atoms with Crippen LogP contribution in [0.4, 0.5) is 5.69 Å². The highest BCUT2D eigenvalue weighted by atomic mass is 16.5. The van der Waals surface area contributed by atoms with Crippen LogP contribution in [-0.2, 0) is 4.74 Å². The zero-order chi connectivity index (χ0) is 21.8. The fourth-order valence-electron chi connectivity index (χ4n) is 5.48. The van der Waals surface area contributed by atoms with Gasteiger partial charge in [-0.2, -0.15) is 0 Å². The van der Waals surface area contributed by atoms with E-state index in [-0.39, 0.29) is 0 Å². The summed E-state index contributed by atoms with van der Waals surface area (Å²) in [5, 5.41) is 0.976. The van der Waals surface area contributed by atoms with Gasteiger partial charge in [0.05, 0.1) is 24.6 Å². The van der Waals surface area contributed by atoms with E-state index in [2.05, 4.69) is 46.4 Å². The molecule has 5 rings (SSSR count). The second kappa shape index (κ2) is 10.1. The van der Waals surface area contributed by atoms with E-state index in [9.17, 15) is 0 Å². The van der Waals surface area contributed by atoms with Crippen LogP contribution in [0.2, 0.25) is 0 Å². The van der Waals surface area contributed by atoms with Crippen LogP contribution in [0, 0.1) is 0 Å². The van der Waals surface area contributed by atoms with E-state index in [0.29, 0.717) is 12.1 Å². The summed E-state index contributed by atoms with van der Waals surface area (Å²) in [6, 6.07) is 9.61. The Labute approximate surface area is 191 Å². The minimum Gasteiger partial charge on any atom is -0.424 e. The Bertz CT molecular complexity index is 1050. The third-order valence-electron chi connectivity index (χ3n) is 7.36. The topological polar surface area (TPSA) is 42.9 Å². The van der Waals surface area contributed by atoms with Crippen molar-refractivity contribution in [1.82, 2.24) is 4.57 Å². The molecule has 2 saturated carbocycles. The molecule has 1 saturated heterocycles. The molecule has 2 aromatic rings. The molecule has 32 heavy (non-hydrogen) atoms. The van der Waals surface area contributed by atoms with E-state index < -0.39 is 0 Å².